The van der Waals surface area contributed by atoms with Crippen LogP contribution in [-0.2, 0) is 12.8 Å². The van der Waals surface area contributed by atoms with Crippen LogP contribution in [0.4, 0.5) is 8.78 Å². The van der Waals surface area contributed by atoms with Gasteiger partial charge in [0.2, 0.25) is 0 Å². The average Bonchev–Trinajstić information content (AvgIpc) is 2.72. The molecular formula is C16H16F2OS. The van der Waals surface area contributed by atoms with Gasteiger partial charge in [-0.2, -0.15) is 0 Å². The first-order valence-electron chi connectivity index (χ1n) is 6.89. The molecule has 0 saturated heterocycles. The number of hydrogen-bond donors (Lipinski definition) is 1. The Morgan fingerprint density at radius 2 is 1.85 bits per heavy atom. The summed E-state index contributed by atoms with van der Waals surface area (Å²) in [5.74, 6) is -1.10. The van der Waals surface area contributed by atoms with Gasteiger partial charge in [-0.1, -0.05) is 6.42 Å². The molecule has 1 aromatic heterocycles. The van der Waals surface area contributed by atoms with Crippen molar-refractivity contribution in [1.82, 2.24) is 0 Å². The van der Waals surface area contributed by atoms with Crippen LogP contribution in [-0.4, -0.2) is 5.11 Å². The SMILES string of the molecule is OC(c1cc2c(s1)CCCCC2)c1cc(F)ccc1F. The van der Waals surface area contributed by atoms with E-state index in [1.165, 1.54) is 28.2 Å². The van der Waals surface area contributed by atoms with Crippen molar-refractivity contribution in [3.8, 4) is 0 Å². The van der Waals surface area contributed by atoms with Crippen molar-refractivity contribution in [1.29, 1.82) is 0 Å². The number of rotatable bonds is 2. The van der Waals surface area contributed by atoms with Gasteiger partial charge < -0.3 is 5.11 Å². The third-order valence-electron chi connectivity index (χ3n) is 3.79. The molecule has 1 N–H and O–H groups in total. The van der Waals surface area contributed by atoms with Crippen molar-refractivity contribution >= 4 is 11.3 Å². The average molecular weight is 294 g/mol. The van der Waals surface area contributed by atoms with Gasteiger partial charge in [-0.05, 0) is 55.5 Å². The van der Waals surface area contributed by atoms with Gasteiger partial charge in [-0.15, -0.1) is 11.3 Å². The highest BCUT2D eigenvalue weighted by molar-refractivity contribution is 7.12. The fourth-order valence-electron chi connectivity index (χ4n) is 2.70. The lowest BCUT2D eigenvalue weighted by molar-refractivity contribution is 0.218. The number of hydrogen-bond acceptors (Lipinski definition) is 2. The molecule has 1 nitrogen and oxygen atoms in total. The molecule has 0 spiro atoms. The van der Waals surface area contributed by atoms with Gasteiger partial charge in [0.1, 0.15) is 17.7 Å². The number of benzene rings is 1. The minimum Gasteiger partial charge on any atom is -0.383 e. The Morgan fingerprint density at radius 3 is 2.70 bits per heavy atom. The van der Waals surface area contributed by atoms with Gasteiger partial charge in [-0.25, -0.2) is 8.78 Å². The van der Waals surface area contributed by atoms with E-state index in [4.69, 9.17) is 0 Å². The quantitative estimate of drug-likeness (QED) is 0.815. The first-order chi connectivity index (χ1) is 9.65. The number of aliphatic hydroxyl groups is 1. The molecule has 20 heavy (non-hydrogen) atoms. The van der Waals surface area contributed by atoms with Crippen LogP contribution in [0, 0.1) is 11.6 Å². The molecule has 4 heteroatoms. The normalized spacial score (nSPS) is 16.6. The monoisotopic (exact) mass is 294 g/mol. The zero-order chi connectivity index (χ0) is 14.1. The summed E-state index contributed by atoms with van der Waals surface area (Å²) in [7, 11) is 0. The molecular weight excluding hydrogens is 278 g/mol. The van der Waals surface area contributed by atoms with E-state index >= 15 is 0 Å². The maximum atomic E-state index is 13.7. The molecule has 1 aromatic carbocycles. The van der Waals surface area contributed by atoms with Crippen LogP contribution < -0.4 is 0 Å². The molecule has 0 amide bonds. The van der Waals surface area contributed by atoms with E-state index in [0.717, 1.165) is 43.9 Å². The van der Waals surface area contributed by atoms with Crippen molar-refractivity contribution < 1.29 is 13.9 Å². The van der Waals surface area contributed by atoms with E-state index in [1.54, 1.807) is 0 Å². The summed E-state index contributed by atoms with van der Waals surface area (Å²) >= 11 is 1.53. The van der Waals surface area contributed by atoms with E-state index in [9.17, 15) is 13.9 Å². The first kappa shape index (κ1) is 13.7. The summed E-state index contributed by atoms with van der Waals surface area (Å²) in [5.41, 5.74) is 1.28. The molecule has 2 aromatic rings. The van der Waals surface area contributed by atoms with Crippen molar-refractivity contribution in [3.63, 3.8) is 0 Å². The Balaban J connectivity index is 1.94. The van der Waals surface area contributed by atoms with E-state index in [2.05, 4.69) is 0 Å². The van der Waals surface area contributed by atoms with Gasteiger partial charge in [0.05, 0.1) is 0 Å². The molecule has 1 atom stereocenters. The molecule has 1 heterocycles. The second kappa shape index (κ2) is 5.62. The number of fused-ring (bicyclic) bond motifs is 1. The summed E-state index contributed by atoms with van der Waals surface area (Å²) in [6.45, 7) is 0. The Labute approximate surface area is 120 Å². The van der Waals surface area contributed by atoms with E-state index < -0.39 is 17.7 Å². The lowest BCUT2D eigenvalue weighted by Crippen LogP contribution is -2.01. The highest BCUT2D eigenvalue weighted by Crippen LogP contribution is 2.35. The van der Waals surface area contributed by atoms with Crippen LogP contribution in [0.2, 0.25) is 0 Å². The summed E-state index contributed by atoms with van der Waals surface area (Å²) in [6, 6.07) is 5.16. The summed E-state index contributed by atoms with van der Waals surface area (Å²) in [6.07, 6.45) is 4.52. The second-order valence-electron chi connectivity index (χ2n) is 5.23. The molecule has 1 aliphatic rings. The first-order valence-corrected chi connectivity index (χ1v) is 7.71. The van der Waals surface area contributed by atoms with Crippen LogP contribution in [0.5, 0.6) is 0 Å². The fourth-order valence-corrected chi connectivity index (χ4v) is 3.97. The number of aliphatic hydroxyl groups excluding tert-OH is 1. The van der Waals surface area contributed by atoms with Crippen LogP contribution in [0.3, 0.4) is 0 Å². The maximum absolute atomic E-state index is 13.7. The lowest BCUT2D eigenvalue weighted by atomic mass is 10.1. The highest BCUT2D eigenvalue weighted by atomic mass is 32.1. The summed E-state index contributed by atoms with van der Waals surface area (Å²) in [4.78, 5) is 2.00. The molecule has 0 radical (unpaired) electrons. The second-order valence-corrected chi connectivity index (χ2v) is 6.39. The Kier molecular flexibility index (Phi) is 3.85. The Morgan fingerprint density at radius 1 is 1.05 bits per heavy atom. The molecule has 0 aliphatic heterocycles. The largest absolute Gasteiger partial charge is 0.383 e. The van der Waals surface area contributed by atoms with Crippen molar-refractivity contribution in [2.75, 3.05) is 0 Å². The highest BCUT2D eigenvalue weighted by Gasteiger charge is 2.21. The van der Waals surface area contributed by atoms with Crippen LogP contribution in [0.1, 0.15) is 46.2 Å². The fraction of sp³-hybridized carbons (Fsp3) is 0.375. The minimum atomic E-state index is -1.08. The Bertz CT molecular complexity index is 597. The van der Waals surface area contributed by atoms with Crippen molar-refractivity contribution in [2.45, 2.75) is 38.2 Å². The number of thiophene rings is 1. The predicted molar refractivity (Wildman–Crippen MR) is 76.0 cm³/mol. The van der Waals surface area contributed by atoms with E-state index in [-0.39, 0.29) is 5.56 Å². The van der Waals surface area contributed by atoms with Gasteiger partial charge in [0.15, 0.2) is 0 Å². The zero-order valence-corrected chi connectivity index (χ0v) is 11.9. The molecule has 3 rings (SSSR count). The summed E-state index contributed by atoms with van der Waals surface area (Å²) in [5, 5.41) is 10.3. The van der Waals surface area contributed by atoms with Gasteiger partial charge in [0, 0.05) is 15.3 Å². The van der Waals surface area contributed by atoms with Crippen LogP contribution in [0.15, 0.2) is 24.3 Å². The molecule has 0 bridgehead atoms. The molecule has 0 fully saturated rings. The Hall–Kier alpha value is -1.26. The molecule has 1 aliphatic carbocycles. The van der Waals surface area contributed by atoms with E-state index in [1.807, 2.05) is 6.07 Å². The van der Waals surface area contributed by atoms with Gasteiger partial charge >= 0.3 is 0 Å². The topological polar surface area (TPSA) is 20.2 Å². The molecule has 1 unspecified atom stereocenters. The van der Waals surface area contributed by atoms with Crippen molar-refractivity contribution in [3.05, 3.63) is 56.8 Å². The van der Waals surface area contributed by atoms with Gasteiger partial charge in [-0.3, -0.25) is 0 Å². The standard InChI is InChI=1S/C16H16F2OS/c17-11-6-7-13(18)12(9-11)16(19)15-8-10-4-2-1-3-5-14(10)20-15/h6-9,16,19H,1-5H2. The van der Waals surface area contributed by atoms with Crippen LogP contribution in [0.25, 0.3) is 0 Å². The zero-order valence-electron chi connectivity index (χ0n) is 11.0. The van der Waals surface area contributed by atoms with Gasteiger partial charge in [0.25, 0.3) is 0 Å². The number of halogens is 2. The van der Waals surface area contributed by atoms with Crippen LogP contribution >= 0.6 is 11.3 Å². The lowest BCUT2D eigenvalue weighted by Gasteiger charge is -2.10. The third-order valence-corrected chi connectivity index (χ3v) is 5.08. The number of aryl methyl sites for hydroxylation is 2. The maximum Gasteiger partial charge on any atom is 0.129 e. The molecule has 0 saturated carbocycles. The smallest absolute Gasteiger partial charge is 0.129 e. The third kappa shape index (κ3) is 2.63. The predicted octanol–water partition coefficient (Wildman–Crippen LogP) is 4.38. The van der Waals surface area contributed by atoms with Crippen molar-refractivity contribution in [2.24, 2.45) is 0 Å². The van der Waals surface area contributed by atoms with E-state index in [0.29, 0.717) is 4.88 Å². The molecule has 106 valence electrons. The summed E-state index contributed by atoms with van der Waals surface area (Å²) < 4.78 is 27.0. The minimum absolute atomic E-state index is 0.0152.